The lowest BCUT2D eigenvalue weighted by Gasteiger charge is -2.30. The van der Waals surface area contributed by atoms with E-state index < -0.39 is 12.1 Å². The van der Waals surface area contributed by atoms with Gasteiger partial charge in [0.25, 0.3) is 5.91 Å². The Balaban J connectivity index is 1.38. The third-order valence-corrected chi connectivity index (χ3v) is 5.35. The second-order valence-corrected chi connectivity index (χ2v) is 7.80. The number of unbranched alkanes of at least 4 members (excludes halogenated alkanes) is 1. The van der Waals surface area contributed by atoms with Crippen LogP contribution in [0.3, 0.4) is 0 Å². The van der Waals surface area contributed by atoms with Gasteiger partial charge in [0.2, 0.25) is 0 Å². The molecule has 176 valence electrons. The number of pyridine rings is 2. The number of nitrogens with zero attached hydrogens (tertiary/aromatic N) is 3. The van der Waals surface area contributed by atoms with E-state index in [2.05, 4.69) is 15.3 Å². The lowest BCUT2D eigenvalue weighted by atomic mass is 10.1. The zero-order valence-corrected chi connectivity index (χ0v) is 18.6. The first-order valence-corrected chi connectivity index (χ1v) is 11.1. The van der Waals surface area contributed by atoms with E-state index in [0.717, 1.165) is 25.2 Å². The zero-order chi connectivity index (χ0) is 23.8. The van der Waals surface area contributed by atoms with Gasteiger partial charge in [0.1, 0.15) is 23.4 Å². The molecule has 2 N–H and O–H groups in total. The van der Waals surface area contributed by atoms with Crippen LogP contribution in [-0.4, -0.2) is 46.6 Å². The van der Waals surface area contributed by atoms with Crippen LogP contribution >= 0.6 is 0 Å². The summed E-state index contributed by atoms with van der Waals surface area (Å²) < 4.78 is 11.6. The minimum absolute atomic E-state index is 0.0518. The van der Waals surface area contributed by atoms with Crippen LogP contribution in [0.1, 0.15) is 30.9 Å². The maximum absolute atomic E-state index is 12.5. The van der Waals surface area contributed by atoms with Crippen molar-refractivity contribution in [1.29, 1.82) is 0 Å². The molecule has 34 heavy (non-hydrogen) atoms. The van der Waals surface area contributed by atoms with E-state index in [1.807, 2.05) is 18.2 Å². The molecule has 0 aliphatic carbocycles. The second-order valence-electron chi connectivity index (χ2n) is 7.80. The highest BCUT2D eigenvalue weighted by molar-refractivity contribution is 5.97. The highest BCUT2D eigenvalue weighted by atomic mass is 16.5. The van der Waals surface area contributed by atoms with Crippen molar-refractivity contribution < 1.29 is 24.2 Å². The normalized spacial score (nSPS) is 13.5. The number of ether oxygens (including phenoxy) is 2. The molecule has 2 aromatic heterocycles. The first-order chi connectivity index (χ1) is 16.6. The van der Waals surface area contributed by atoms with E-state index in [1.165, 1.54) is 0 Å². The molecule has 9 heteroatoms. The Bertz CT molecular complexity index is 1110. The fourth-order valence-corrected chi connectivity index (χ4v) is 3.70. The third kappa shape index (κ3) is 6.00. The summed E-state index contributed by atoms with van der Waals surface area (Å²) in [5.74, 6) is 0.748. The van der Waals surface area contributed by atoms with Crippen LogP contribution in [0.15, 0.2) is 67.1 Å². The fourth-order valence-electron chi connectivity index (χ4n) is 3.70. The Morgan fingerprint density at radius 1 is 1.18 bits per heavy atom. The third-order valence-electron chi connectivity index (χ3n) is 5.35. The van der Waals surface area contributed by atoms with Gasteiger partial charge in [-0.2, -0.15) is 0 Å². The number of benzene rings is 1. The molecule has 0 saturated heterocycles. The number of anilines is 2. The van der Waals surface area contributed by atoms with Crippen molar-refractivity contribution in [1.82, 2.24) is 9.97 Å². The molecule has 1 aromatic carbocycles. The molecule has 1 aliphatic rings. The van der Waals surface area contributed by atoms with Gasteiger partial charge in [0.05, 0.1) is 12.1 Å². The van der Waals surface area contributed by atoms with E-state index in [0.29, 0.717) is 29.3 Å². The number of nitrogens with one attached hydrogen (secondary N) is 1. The van der Waals surface area contributed by atoms with Crippen LogP contribution in [-0.2, 0) is 9.59 Å². The smallest absolute Gasteiger partial charge is 0.307 e. The number of carboxylic acid groups (broad SMARTS) is 1. The number of fused-ring (bicyclic) bond motifs is 1. The number of carbonyl (C=O) groups excluding carboxylic acids is 1. The van der Waals surface area contributed by atoms with Crippen LogP contribution in [0.25, 0.3) is 0 Å². The Morgan fingerprint density at radius 2 is 2.09 bits per heavy atom. The van der Waals surface area contributed by atoms with Gasteiger partial charge in [-0.25, -0.2) is 4.98 Å². The molecule has 0 fully saturated rings. The molecule has 1 amide bonds. The van der Waals surface area contributed by atoms with Gasteiger partial charge in [-0.1, -0.05) is 12.1 Å². The van der Waals surface area contributed by atoms with E-state index in [-0.39, 0.29) is 18.9 Å². The summed E-state index contributed by atoms with van der Waals surface area (Å²) >= 11 is 0. The molecule has 1 aliphatic heterocycles. The number of aliphatic carboxylic acids is 1. The summed E-state index contributed by atoms with van der Waals surface area (Å²) in [6, 6.07) is 14.4. The van der Waals surface area contributed by atoms with E-state index in [4.69, 9.17) is 9.47 Å². The molecule has 0 spiro atoms. The maximum Gasteiger partial charge on any atom is 0.307 e. The molecule has 0 bridgehead atoms. The van der Waals surface area contributed by atoms with Gasteiger partial charge >= 0.3 is 5.97 Å². The van der Waals surface area contributed by atoms with Crippen molar-refractivity contribution >= 4 is 23.4 Å². The van der Waals surface area contributed by atoms with Gasteiger partial charge in [-0.05, 0) is 43.2 Å². The van der Waals surface area contributed by atoms with Crippen LogP contribution in [0, 0.1) is 0 Å². The number of hydrogen-bond acceptors (Lipinski definition) is 7. The highest BCUT2D eigenvalue weighted by Crippen LogP contribution is 2.37. The largest absolute Gasteiger partial charge is 0.485 e. The Kier molecular flexibility index (Phi) is 7.54. The summed E-state index contributed by atoms with van der Waals surface area (Å²) in [6.07, 6.45) is 5.73. The quantitative estimate of drug-likeness (QED) is 0.415. The van der Waals surface area contributed by atoms with Gasteiger partial charge in [0, 0.05) is 43.3 Å². The predicted octanol–water partition coefficient (Wildman–Crippen LogP) is 3.69. The summed E-state index contributed by atoms with van der Waals surface area (Å²) in [5.41, 5.74) is 1.34. The summed E-state index contributed by atoms with van der Waals surface area (Å²) in [6.45, 7) is 1.27. The lowest BCUT2D eigenvalue weighted by Crippen LogP contribution is -2.39. The van der Waals surface area contributed by atoms with Crippen molar-refractivity contribution in [3.8, 4) is 11.5 Å². The molecular formula is C25H26N4O5. The van der Waals surface area contributed by atoms with Crippen LogP contribution in [0.5, 0.6) is 11.5 Å². The van der Waals surface area contributed by atoms with Crippen LogP contribution in [0.4, 0.5) is 11.5 Å². The number of carboxylic acids is 1. The van der Waals surface area contributed by atoms with Gasteiger partial charge < -0.3 is 24.8 Å². The predicted molar refractivity (Wildman–Crippen MR) is 126 cm³/mol. The average molecular weight is 463 g/mol. The Hall–Kier alpha value is -4.14. The van der Waals surface area contributed by atoms with Gasteiger partial charge in [-0.3, -0.25) is 14.6 Å². The molecule has 9 nitrogen and oxygen atoms in total. The minimum atomic E-state index is -0.975. The molecule has 3 aromatic rings. The molecular weight excluding hydrogens is 436 g/mol. The monoisotopic (exact) mass is 462 g/mol. The highest BCUT2D eigenvalue weighted by Gasteiger charge is 2.26. The van der Waals surface area contributed by atoms with Gasteiger partial charge in [-0.15, -0.1) is 0 Å². The molecule has 0 radical (unpaired) electrons. The number of hydrogen-bond donors (Lipinski definition) is 2. The minimum Gasteiger partial charge on any atom is -0.485 e. The van der Waals surface area contributed by atoms with E-state index in [9.17, 15) is 14.7 Å². The SMILES string of the molecule is O=C(O)CC(Oc1ccc2c(c1)OCC(=O)N2CCCCNc1ccccn1)c1cccnc1. The lowest BCUT2D eigenvalue weighted by molar-refractivity contribution is -0.139. The zero-order valence-electron chi connectivity index (χ0n) is 18.6. The van der Waals surface area contributed by atoms with Crippen molar-refractivity contribution in [3.63, 3.8) is 0 Å². The van der Waals surface area contributed by atoms with E-state index >= 15 is 0 Å². The van der Waals surface area contributed by atoms with Crippen molar-refractivity contribution in [3.05, 3.63) is 72.7 Å². The standard InChI is InChI=1S/C25H26N4O5/c30-24-17-33-22-14-19(34-21(15-25(31)32)18-6-5-10-26-16-18)8-9-20(22)29(24)13-4-3-12-28-23-7-1-2-11-27-23/h1-2,5-11,14,16,21H,3-4,12-13,15,17H2,(H,27,28)(H,31,32). The van der Waals surface area contributed by atoms with Crippen molar-refractivity contribution in [2.75, 3.05) is 29.9 Å². The Labute approximate surface area is 197 Å². The van der Waals surface area contributed by atoms with E-state index in [1.54, 1.807) is 53.8 Å². The summed E-state index contributed by atoms with van der Waals surface area (Å²) in [7, 11) is 0. The first kappa shape index (κ1) is 23.0. The number of carbonyl (C=O) groups is 2. The van der Waals surface area contributed by atoms with Crippen LogP contribution in [0.2, 0.25) is 0 Å². The molecule has 1 atom stereocenters. The number of aromatic nitrogens is 2. The fraction of sp³-hybridized carbons (Fsp3) is 0.280. The molecule has 4 rings (SSSR count). The molecule has 3 heterocycles. The van der Waals surface area contributed by atoms with Crippen molar-refractivity contribution in [2.45, 2.75) is 25.4 Å². The maximum atomic E-state index is 12.5. The summed E-state index contributed by atoms with van der Waals surface area (Å²) in [5, 5.41) is 12.6. The Morgan fingerprint density at radius 3 is 2.85 bits per heavy atom. The van der Waals surface area contributed by atoms with Gasteiger partial charge in [0.15, 0.2) is 6.61 Å². The number of amides is 1. The first-order valence-electron chi connectivity index (χ1n) is 11.1. The molecule has 0 saturated carbocycles. The second kappa shape index (κ2) is 11.1. The number of rotatable bonds is 11. The topological polar surface area (TPSA) is 114 Å². The van der Waals surface area contributed by atoms with Crippen molar-refractivity contribution in [2.24, 2.45) is 0 Å². The molecule has 1 unspecified atom stereocenters. The average Bonchev–Trinajstić information content (AvgIpc) is 2.85. The summed E-state index contributed by atoms with van der Waals surface area (Å²) in [4.78, 5) is 33.8. The van der Waals surface area contributed by atoms with Crippen LogP contribution < -0.4 is 19.7 Å².